The Kier molecular flexibility index (Phi) is 14.9. The number of methoxy groups -OCH3 is 4. The Morgan fingerprint density at radius 2 is 0.922 bits per heavy atom. The van der Waals surface area contributed by atoms with Gasteiger partial charge in [-0.1, -0.05) is 23.2 Å². The lowest BCUT2D eigenvalue weighted by molar-refractivity contribution is 0.369. The lowest BCUT2D eigenvalue weighted by Crippen LogP contribution is -2.48. The maximum atomic E-state index is 13.5. The number of hydrogen-bond donors (Lipinski definition) is 0. The van der Waals surface area contributed by atoms with Gasteiger partial charge in [-0.05, 0) is 54.6 Å². The second-order valence-electron chi connectivity index (χ2n) is 14.2. The van der Waals surface area contributed by atoms with Crippen molar-refractivity contribution in [2.75, 3.05) is 90.6 Å². The number of benzene rings is 4. The molecular weight excluding hydrogens is 954 g/mol. The number of sulfonamides is 2. The summed E-state index contributed by atoms with van der Waals surface area (Å²) in [6.45, 7) is 3.14. The molecule has 0 aliphatic carbocycles. The normalized spacial score (nSPS) is 15.1. The molecule has 340 valence electrons. The van der Waals surface area contributed by atoms with Gasteiger partial charge in [0.1, 0.15) is 44.4 Å². The average Bonchev–Trinajstić information content (AvgIpc) is 4.00. The first kappa shape index (κ1) is 47.2. The van der Waals surface area contributed by atoms with E-state index in [1.54, 1.807) is 29.6 Å². The van der Waals surface area contributed by atoms with E-state index in [1.165, 1.54) is 90.1 Å². The second kappa shape index (κ2) is 20.2. The highest BCUT2D eigenvalue weighted by Gasteiger charge is 2.33. The molecule has 4 aromatic carbocycles. The van der Waals surface area contributed by atoms with Crippen molar-refractivity contribution < 1.29 is 44.6 Å². The molecule has 0 radical (unpaired) electrons. The van der Waals surface area contributed by atoms with Crippen molar-refractivity contribution in [3.8, 4) is 45.5 Å². The molecular formula is C42H42Cl2F2N6O8S4. The fraction of sp³-hybridized carbons (Fsp3) is 0.286. The molecule has 0 amide bonds. The number of anilines is 2. The fourth-order valence-electron chi connectivity index (χ4n) is 6.98. The molecule has 64 heavy (non-hydrogen) atoms. The SMILES string of the molecule is COc1ccc(S(=O)(=O)N2CCN(c3nc(-c4cc(Cl)cc(Cl)c4)cs3)CC2)c(OC)c1.COc1ccc(S(=O)(=O)N2CCN(c3nc(-c4cc(F)cc(F)c4)cs3)CC2)c(OC)c1. The predicted molar refractivity (Wildman–Crippen MR) is 246 cm³/mol. The van der Waals surface area contributed by atoms with Crippen LogP contribution in [0.15, 0.2) is 93.3 Å². The summed E-state index contributed by atoms with van der Waals surface area (Å²) >= 11 is 15.1. The van der Waals surface area contributed by atoms with Gasteiger partial charge in [0.2, 0.25) is 20.0 Å². The van der Waals surface area contributed by atoms with E-state index >= 15 is 0 Å². The Hall–Kier alpha value is -4.80. The van der Waals surface area contributed by atoms with Crippen LogP contribution in [-0.2, 0) is 20.0 Å². The number of piperazine rings is 2. The molecule has 22 heteroatoms. The zero-order valence-electron chi connectivity index (χ0n) is 34.8. The summed E-state index contributed by atoms with van der Waals surface area (Å²) in [6.07, 6.45) is 0. The highest BCUT2D eigenvalue weighted by atomic mass is 35.5. The second-order valence-corrected chi connectivity index (χ2v) is 20.5. The molecule has 2 saturated heterocycles. The van der Waals surface area contributed by atoms with E-state index in [4.69, 9.17) is 47.1 Å². The molecule has 0 bridgehead atoms. The van der Waals surface area contributed by atoms with Crippen LogP contribution in [0.2, 0.25) is 10.0 Å². The lowest BCUT2D eigenvalue weighted by Gasteiger charge is -2.34. The Morgan fingerprint density at radius 3 is 1.30 bits per heavy atom. The minimum Gasteiger partial charge on any atom is -0.497 e. The van der Waals surface area contributed by atoms with Crippen LogP contribution in [0, 0.1) is 11.6 Å². The summed E-state index contributed by atoms with van der Waals surface area (Å²) in [7, 11) is -1.59. The van der Waals surface area contributed by atoms with Gasteiger partial charge in [0.05, 0.1) is 39.8 Å². The van der Waals surface area contributed by atoms with Crippen LogP contribution in [0.4, 0.5) is 19.0 Å². The number of rotatable bonds is 12. The smallest absolute Gasteiger partial charge is 0.246 e. The van der Waals surface area contributed by atoms with Crippen LogP contribution in [0.5, 0.6) is 23.0 Å². The van der Waals surface area contributed by atoms with Crippen LogP contribution in [0.3, 0.4) is 0 Å². The third-order valence-corrected chi connectivity index (χ3v) is 16.4. The summed E-state index contributed by atoms with van der Waals surface area (Å²) in [4.78, 5) is 13.4. The van der Waals surface area contributed by atoms with Crippen molar-refractivity contribution in [3.05, 3.63) is 105 Å². The molecule has 2 aliphatic rings. The number of hydrogen-bond acceptors (Lipinski definition) is 14. The Labute approximate surface area is 388 Å². The molecule has 0 unspecified atom stereocenters. The highest BCUT2D eigenvalue weighted by Crippen LogP contribution is 2.36. The van der Waals surface area contributed by atoms with E-state index < -0.39 is 31.7 Å². The molecule has 14 nitrogen and oxygen atoms in total. The first-order valence-electron chi connectivity index (χ1n) is 19.4. The van der Waals surface area contributed by atoms with Gasteiger partial charge in [-0.2, -0.15) is 8.61 Å². The zero-order chi connectivity index (χ0) is 45.8. The summed E-state index contributed by atoms with van der Waals surface area (Å²) in [5.41, 5.74) is 2.46. The summed E-state index contributed by atoms with van der Waals surface area (Å²) in [5.74, 6) is 0.189. The third kappa shape index (κ3) is 10.5. The van der Waals surface area contributed by atoms with Gasteiger partial charge in [0.25, 0.3) is 0 Å². The van der Waals surface area contributed by atoms with Crippen molar-refractivity contribution in [1.82, 2.24) is 18.6 Å². The van der Waals surface area contributed by atoms with Gasteiger partial charge >= 0.3 is 0 Å². The summed E-state index contributed by atoms with van der Waals surface area (Å²) in [5, 5.41) is 6.28. The van der Waals surface area contributed by atoms with Crippen LogP contribution in [0.25, 0.3) is 22.5 Å². The molecule has 4 heterocycles. The third-order valence-electron chi connectivity index (χ3n) is 10.3. The fourth-order valence-corrected chi connectivity index (χ4v) is 12.4. The molecule has 2 aromatic heterocycles. The maximum Gasteiger partial charge on any atom is 0.246 e. The monoisotopic (exact) mass is 994 g/mol. The average molecular weight is 996 g/mol. The maximum absolute atomic E-state index is 13.5. The Morgan fingerprint density at radius 1 is 0.531 bits per heavy atom. The van der Waals surface area contributed by atoms with Crippen LogP contribution >= 0.6 is 45.9 Å². The summed E-state index contributed by atoms with van der Waals surface area (Å²) in [6, 6.07) is 17.9. The van der Waals surface area contributed by atoms with Crippen LogP contribution in [0.1, 0.15) is 0 Å². The van der Waals surface area contributed by atoms with Crippen LogP contribution in [-0.4, -0.2) is 116 Å². The minimum atomic E-state index is -3.76. The highest BCUT2D eigenvalue weighted by molar-refractivity contribution is 7.89. The Balaban J connectivity index is 0.000000191. The van der Waals surface area contributed by atoms with Crippen molar-refractivity contribution in [3.63, 3.8) is 0 Å². The number of thiazole rings is 2. The van der Waals surface area contributed by atoms with Gasteiger partial charge in [-0.15, -0.1) is 22.7 Å². The first-order chi connectivity index (χ1) is 30.6. The van der Waals surface area contributed by atoms with Gasteiger partial charge in [0, 0.05) is 102 Å². The molecule has 2 aliphatic heterocycles. The molecule has 0 spiro atoms. The minimum absolute atomic E-state index is 0.0823. The molecule has 6 aromatic rings. The zero-order valence-corrected chi connectivity index (χ0v) is 39.6. The largest absolute Gasteiger partial charge is 0.497 e. The van der Waals surface area contributed by atoms with Crippen molar-refractivity contribution in [2.45, 2.75) is 9.79 Å². The van der Waals surface area contributed by atoms with Crippen molar-refractivity contribution in [2.24, 2.45) is 0 Å². The molecule has 0 N–H and O–H groups in total. The topological polar surface area (TPSA) is 144 Å². The number of ether oxygens (including phenoxy) is 4. The molecule has 2 fully saturated rings. The van der Waals surface area contributed by atoms with Crippen LogP contribution < -0.4 is 28.7 Å². The number of nitrogens with zero attached hydrogens (tertiary/aromatic N) is 6. The van der Waals surface area contributed by atoms with E-state index in [1.807, 2.05) is 22.4 Å². The van der Waals surface area contributed by atoms with E-state index in [9.17, 15) is 25.6 Å². The van der Waals surface area contributed by atoms with E-state index in [0.717, 1.165) is 22.5 Å². The number of aromatic nitrogens is 2. The molecule has 0 saturated carbocycles. The van der Waals surface area contributed by atoms with Crippen molar-refractivity contribution in [1.29, 1.82) is 0 Å². The first-order valence-corrected chi connectivity index (χ1v) is 24.8. The van der Waals surface area contributed by atoms with Gasteiger partial charge in [-0.25, -0.2) is 35.6 Å². The van der Waals surface area contributed by atoms with E-state index in [-0.39, 0.29) is 34.4 Å². The van der Waals surface area contributed by atoms with Crippen molar-refractivity contribution >= 4 is 76.2 Å². The lowest BCUT2D eigenvalue weighted by atomic mass is 10.1. The number of halogens is 4. The van der Waals surface area contributed by atoms with Gasteiger partial charge in [0.15, 0.2) is 10.3 Å². The summed E-state index contributed by atoms with van der Waals surface area (Å²) < 4.78 is 104. The van der Waals surface area contributed by atoms with E-state index in [0.29, 0.717) is 77.2 Å². The quantitative estimate of drug-likeness (QED) is 0.116. The molecule has 8 rings (SSSR count). The standard InChI is InChI=1S/C21H21Cl2N3O4S2.C21H21F2N3O4S2/c2*1-29-17-3-4-20(19(12-17)30-2)32(27,28)26-7-5-25(6-8-26)21-24-18(13-31-21)14-9-15(22)11-16(23)10-14/h2*3-4,9-13H,5-8H2,1-2H3. The van der Waals surface area contributed by atoms with E-state index in [2.05, 4.69) is 9.88 Å². The predicted octanol–water partition coefficient (Wildman–Crippen LogP) is 8.26. The van der Waals surface area contributed by atoms with Gasteiger partial charge < -0.3 is 28.7 Å². The Bertz CT molecular complexity index is 2610. The van der Waals surface area contributed by atoms with Gasteiger partial charge in [-0.3, -0.25) is 0 Å². The molecule has 0 atom stereocenters.